The van der Waals surface area contributed by atoms with Crippen molar-refractivity contribution in [2.75, 3.05) is 16.2 Å². The first-order valence-electron chi connectivity index (χ1n) is 7.83. The van der Waals surface area contributed by atoms with Crippen molar-refractivity contribution in [2.24, 2.45) is 0 Å². The molecule has 0 atom stereocenters. The lowest BCUT2D eigenvalue weighted by molar-refractivity contribution is -0.384. The summed E-state index contributed by atoms with van der Waals surface area (Å²) in [5, 5.41) is 24.8. The average molecular weight is 464 g/mol. The second-order valence-corrected chi connectivity index (χ2v) is 6.40. The molecule has 11 nitrogen and oxygen atoms in total. The Kier molecular flexibility index (Phi) is 5.78. The zero-order valence-corrected chi connectivity index (χ0v) is 15.9. The lowest BCUT2D eigenvalue weighted by Gasteiger charge is -2.12. The number of anilines is 4. The summed E-state index contributed by atoms with van der Waals surface area (Å²) in [5.41, 5.74) is 4.97. The molecule has 0 spiro atoms. The lowest BCUT2D eigenvalue weighted by Crippen LogP contribution is -2.13. The molecular weight excluding hydrogens is 453 g/mol. The average Bonchev–Trinajstić information content (AvgIpc) is 2.68. The molecule has 148 valence electrons. The van der Waals surface area contributed by atoms with Crippen molar-refractivity contribution < 1.29 is 14.2 Å². The van der Waals surface area contributed by atoms with Gasteiger partial charge in [-0.25, -0.2) is 14.4 Å². The van der Waals surface area contributed by atoms with Crippen LogP contribution in [0, 0.1) is 26.0 Å². The Hall–Kier alpha value is -3.87. The Morgan fingerprint density at radius 2 is 1.62 bits per heavy atom. The van der Waals surface area contributed by atoms with Crippen LogP contribution in [0.1, 0.15) is 0 Å². The van der Waals surface area contributed by atoms with Gasteiger partial charge in [0.05, 0.1) is 21.2 Å². The maximum absolute atomic E-state index is 14.0. The van der Waals surface area contributed by atoms with E-state index in [0.29, 0.717) is 10.2 Å². The highest BCUT2D eigenvalue weighted by Gasteiger charge is 2.24. The monoisotopic (exact) mass is 463 g/mol. The van der Waals surface area contributed by atoms with Gasteiger partial charge < -0.3 is 5.32 Å². The second kappa shape index (κ2) is 8.43. The van der Waals surface area contributed by atoms with Gasteiger partial charge in [-0.1, -0.05) is 15.9 Å². The van der Waals surface area contributed by atoms with Gasteiger partial charge in [-0.2, -0.15) is 0 Å². The predicted octanol–water partition coefficient (Wildman–Crippen LogP) is 4.38. The molecule has 3 rings (SSSR count). The molecular formula is C16H11BrFN7O4. The van der Waals surface area contributed by atoms with E-state index in [4.69, 9.17) is 0 Å². The second-order valence-electron chi connectivity index (χ2n) is 5.48. The molecule has 0 radical (unpaired) electrons. The van der Waals surface area contributed by atoms with E-state index in [-0.39, 0.29) is 23.0 Å². The summed E-state index contributed by atoms with van der Waals surface area (Å²) in [6.07, 6.45) is 1.06. The number of hydrazine groups is 1. The number of nitrogens with one attached hydrogen (secondary N) is 3. The van der Waals surface area contributed by atoms with Crippen LogP contribution in [0.4, 0.5) is 38.8 Å². The fourth-order valence-corrected chi connectivity index (χ4v) is 2.58. The molecule has 1 aromatic heterocycles. The van der Waals surface area contributed by atoms with E-state index < -0.39 is 21.4 Å². The van der Waals surface area contributed by atoms with E-state index in [0.717, 1.165) is 6.33 Å². The minimum absolute atomic E-state index is 0.00993. The van der Waals surface area contributed by atoms with Gasteiger partial charge in [0.15, 0.2) is 0 Å². The molecule has 0 saturated heterocycles. The van der Waals surface area contributed by atoms with Crippen LogP contribution in [0.3, 0.4) is 0 Å². The highest BCUT2D eigenvalue weighted by Crippen LogP contribution is 2.32. The van der Waals surface area contributed by atoms with Crippen LogP contribution in [0.2, 0.25) is 0 Å². The van der Waals surface area contributed by atoms with Crippen molar-refractivity contribution in [1.82, 2.24) is 9.97 Å². The molecule has 0 bridgehead atoms. The number of halogens is 2. The molecule has 3 N–H and O–H groups in total. The topological polar surface area (TPSA) is 148 Å². The van der Waals surface area contributed by atoms with Gasteiger partial charge in [0, 0.05) is 16.6 Å². The number of rotatable bonds is 7. The standard InChI is InChI=1S/C16H11BrFN7O4/c17-9-1-6-13(12(18)7-9)21-15-14(25(28)29)16(20-8-19-15)23-22-10-2-4-11(5-3-10)24(26)27/h1-8,22H,(H2,19,20,21,23). The van der Waals surface area contributed by atoms with Gasteiger partial charge in [-0.05, 0) is 30.3 Å². The van der Waals surface area contributed by atoms with Crippen LogP contribution < -0.4 is 16.2 Å². The highest BCUT2D eigenvalue weighted by molar-refractivity contribution is 9.10. The molecule has 29 heavy (non-hydrogen) atoms. The van der Waals surface area contributed by atoms with Crippen LogP contribution >= 0.6 is 15.9 Å². The van der Waals surface area contributed by atoms with E-state index >= 15 is 0 Å². The maximum atomic E-state index is 14.0. The van der Waals surface area contributed by atoms with Crippen LogP contribution in [0.15, 0.2) is 53.3 Å². The molecule has 2 aromatic carbocycles. The number of nitro groups is 2. The van der Waals surface area contributed by atoms with Crippen LogP contribution in [0.25, 0.3) is 0 Å². The van der Waals surface area contributed by atoms with Gasteiger partial charge in [0.2, 0.25) is 11.6 Å². The van der Waals surface area contributed by atoms with E-state index in [2.05, 4.69) is 42.1 Å². The summed E-state index contributed by atoms with van der Waals surface area (Å²) in [5.74, 6) is -1.05. The quantitative estimate of drug-likeness (QED) is 0.342. The third kappa shape index (κ3) is 4.70. The first-order valence-corrected chi connectivity index (χ1v) is 8.62. The SMILES string of the molecule is O=[N+]([O-])c1ccc(NNc2ncnc(Nc3ccc(Br)cc3F)c2[N+](=O)[O-])cc1. The molecule has 0 amide bonds. The predicted molar refractivity (Wildman–Crippen MR) is 106 cm³/mol. The zero-order chi connectivity index (χ0) is 21.0. The van der Waals surface area contributed by atoms with Crippen molar-refractivity contribution in [1.29, 1.82) is 0 Å². The Bertz CT molecular complexity index is 1080. The Labute approximate surface area is 170 Å². The summed E-state index contributed by atoms with van der Waals surface area (Å²) in [4.78, 5) is 28.6. The largest absolute Gasteiger partial charge is 0.355 e. The van der Waals surface area contributed by atoms with E-state index in [1.165, 1.54) is 36.4 Å². The highest BCUT2D eigenvalue weighted by atomic mass is 79.9. The van der Waals surface area contributed by atoms with Crippen molar-refractivity contribution >= 4 is 50.3 Å². The van der Waals surface area contributed by atoms with Crippen molar-refractivity contribution in [3.63, 3.8) is 0 Å². The smallest absolute Gasteiger partial charge is 0.332 e. The molecule has 1 heterocycles. The molecule has 0 aliphatic rings. The lowest BCUT2D eigenvalue weighted by atomic mass is 10.3. The minimum atomic E-state index is -0.723. The summed E-state index contributed by atoms with van der Waals surface area (Å²) < 4.78 is 14.6. The Balaban J connectivity index is 1.84. The minimum Gasteiger partial charge on any atom is -0.332 e. The summed E-state index contributed by atoms with van der Waals surface area (Å²) in [6, 6.07) is 9.51. The fourth-order valence-electron chi connectivity index (χ4n) is 2.25. The van der Waals surface area contributed by atoms with E-state index in [1.807, 2.05) is 0 Å². The summed E-state index contributed by atoms with van der Waals surface area (Å²) >= 11 is 3.13. The number of hydrogen-bond acceptors (Lipinski definition) is 9. The first-order chi connectivity index (χ1) is 13.8. The van der Waals surface area contributed by atoms with Crippen molar-refractivity contribution in [3.8, 4) is 0 Å². The normalized spacial score (nSPS) is 10.3. The maximum Gasteiger partial charge on any atom is 0.355 e. The zero-order valence-electron chi connectivity index (χ0n) is 14.3. The molecule has 0 aliphatic carbocycles. The fraction of sp³-hybridized carbons (Fsp3) is 0. The van der Waals surface area contributed by atoms with E-state index in [1.54, 1.807) is 6.07 Å². The number of hydrogen-bond donors (Lipinski definition) is 3. The molecule has 0 saturated carbocycles. The van der Waals surface area contributed by atoms with E-state index in [9.17, 15) is 24.6 Å². The number of nitrogens with zero attached hydrogens (tertiary/aromatic N) is 4. The molecule has 3 aromatic rings. The number of nitro benzene ring substituents is 1. The first kappa shape index (κ1) is 19.9. The number of aromatic nitrogens is 2. The van der Waals surface area contributed by atoms with Crippen LogP contribution in [0.5, 0.6) is 0 Å². The van der Waals surface area contributed by atoms with Gasteiger partial charge in [0.25, 0.3) is 5.69 Å². The van der Waals surface area contributed by atoms with Gasteiger partial charge in [-0.3, -0.25) is 31.1 Å². The summed E-state index contributed by atoms with van der Waals surface area (Å²) in [6.45, 7) is 0. The molecule has 13 heteroatoms. The van der Waals surface area contributed by atoms with Crippen molar-refractivity contribution in [2.45, 2.75) is 0 Å². The van der Waals surface area contributed by atoms with Crippen molar-refractivity contribution in [3.05, 3.63) is 79.3 Å². The number of non-ortho nitro benzene ring substituents is 1. The van der Waals surface area contributed by atoms with Gasteiger partial charge >= 0.3 is 5.69 Å². The van der Waals surface area contributed by atoms with Crippen LogP contribution in [-0.2, 0) is 0 Å². The van der Waals surface area contributed by atoms with Gasteiger partial charge in [0.1, 0.15) is 12.1 Å². The molecule has 0 fully saturated rings. The van der Waals surface area contributed by atoms with Crippen LogP contribution in [-0.4, -0.2) is 19.8 Å². The molecule has 0 unspecified atom stereocenters. The number of benzene rings is 2. The third-order valence-electron chi connectivity index (χ3n) is 3.59. The van der Waals surface area contributed by atoms with Gasteiger partial charge in [-0.15, -0.1) is 0 Å². The Morgan fingerprint density at radius 1 is 0.931 bits per heavy atom. The third-order valence-corrected chi connectivity index (χ3v) is 4.09. The Morgan fingerprint density at radius 3 is 2.24 bits per heavy atom. The summed E-state index contributed by atoms with van der Waals surface area (Å²) in [7, 11) is 0. The molecule has 0 aliphatic heterocycles.